The Morgan fingerprint density at radius 1 is 1.18 bits per heavy atom. The highest BCUT2D eigenvalue weighted by atomic mass is 32.2. The Bertz CT molecular complexity index is 930. The van der Waals surface area contributed by atoms with E-state index in [1.165, 1.54) is 23.9 Å². The summed E-state index contributed by atoms with van der Waals surface area (Å²) in [6.07, 6.45) is 3.43. The number of aromatic nitrogens is 4. The van der Waals surface area contributed by atoms with Crippen LogP contribution < -0.4 is 0 Å². The van der Waals surface area contributed by atoms with Crippen LogP contribution in [0.4, 0.5) is 4.39 Å². The number of rotatable bonds is 7. The monoisotopic (exact) mass is 399 g/mol. The van der Waals surface area contributed by atoms with Crippen molar-refractivity contribution in [2.45, 2.75) is 31.6 Å². The maximum atomic E-state index is 13.1. The number of hydrogen-bond donors (Lipinski definition) is 0. The fraction of sp³-hybridized carbons (Fsp3) is 0.300. The molecule has 146 valence electrons. The Kier molecular flexibility index (Phi) is 6.41. The first kappa shape index (κ1) is 20.0. The first-order valence-electron chi connectivity index (χ1n) is 8.98. The average molecular weight is 399 g/mol. The van der Waals surface area contributed by atoms with E-state index in [0.29, 0.717) is 11.7 Å². The highest BCUT2D eigenvalue weighted by Gasteiger charge is 2.20. The fourth-order valence-corrected chi connectivity index (χ4v) is 3.73. The zero-order valence-electron chi connectivity index (χ0n) is 16.0. The van der Waals surface area contributed by atoms with Crippen molar-refractivity contribution >= 4 is 17.7 Å². The summed E-state index contributed by atoms with van der Waals surface area (Å²) in [5.74, 6) is 0.687. The number of amides is 1. The van der Waals surface area contributed by atoms with Crippen molar-refractivity contribution in [2.75, 3.05) is 12.8 Å². The first-order chi connectivity index (χ1) is 13.5. The summed E-state index contributed by atoms with van der Waals surface area (Å²) >= 11 is 1.36. The number of carbonyl (C=O) groups excluding carboxylic acids is 1. The van der Waals surface area contributed by atoms with E-state index >= 15 is 0 Å². The van der Waals surface area contributed by atoms with Crippen LogP contribution in [0, 0.1) is 5.82 Å². The minimum absolute atomic E-state index is 0.0297. The van der Waals surface area contributed by atoms with Gasteiger partial charge in [-0.2, -0.15) is 0 Å². The van der Waals surface area contributed by atoms with E-state index in [4.69, 9.17) is 0 Å². The van der Waals surface area contributed by atoms with Crippen LogP contribution in [0.15, 0.2) is 53.9 Å². The third kappa shape index (κ3) is 4.39. The standard InChI is InChI=1S/C20H22FN5OS/c1-4-26-19(16-9-11-22-12-10-16)23-24-20(26)28-13-18(27)25(3)14(2)15-5-7-17(21)8-6-15/h5-12,14H,4,13H2,1-3H3. The molecule has 6 nitrogen and oxygen atoms in total. The molecular weight excluding hydrogens is 377 g/mol. The molecule has 0 saturated heterocycles. The first-order valence-corrected chi connectivity index (χ1v) is 9.97. The molecule has 0 radical (unpaired) electrons. The molecule has 0 N–H and O–H groups in total. The summed E-state index contributed by atoms with van der Waals surface area (Å²) < 4.78 is 15.1. The topological polar surface area (TPSA) is 63.9 Å². The third-order valence-corrected chi connectivity index (χ3v) is 5.57. The molecule has 0 bridgehead atoms. The van der Waals surface area contributed by atoms with Crippen molar-refractivity contribution in [1.29, 1.82) is 0 Å². The van der Waals surface area contributed by atoms with Crippen molar-refractivity contribution in [1.82, 2.24) is 24.6 Å². The van der Waals surface area contributed by atoms with E-state index in [-0.39, 0.29) is 23.5 Å². The van der Waals surface area contributed by atoms with Gasteiger partial charge in [0.1, 0.15) is 5.82 Å². The number of hydrogen-bond acceptors (Lipinski definition) is 5. The summed E-state index contributed by atoms with van der Waals surface area (Å²) in [4.78, 5) is 18.3. The van der Waals surface area contributed by atoms with Gasteiger partial charge in [-0.25, -0.2) is 4.39 Å². The van der Waals surface area contributed by atoms with E-state index in [0.717, 1.165) is 17.0 Å². The molecule has 1 aromatic carbocycles. The number of pyridine rings is 1. The lowest BCUT2D eigenvalue weighted by Crippen LogP contribution is -2.31. The molecule has 0 fully saturated rings. The van der Waals surface area contributed by atoms with Crippen LogP contribution in [-0.4, -0.2) is 43.4 Å². The minimum Gasteiger partial charge on any atom is -0.338 e. The zero-order chi connectivity index (χ0) is 20.1. The normalized spacial score (nSPS) is 12.0. The van der Waals surface area contributed by atoms with Crippen LogP contribution in [0.3, 0.4) is 0 Å². The molecule has 0 aliphatic carbocycles. The SMILES string of the molecule is CCn1c(SCC(=O)N(C)C(C)c2ccc(F)cc2)nnc1-c1ccncc1. The highest BCUT2D eigenvalue weighted by molar-refractivity contribution is 7.99. The molecule has 2 heterocycles. The lowest BCUT2D eigenvalue weighted by molar-refractivity contribution is -0.128. The average Bonchev–Trinajstić information content (AvgIpc) is 3.15. The molecule has 0 saturated carbocycles. The molecule has 28 heavy (non-hydrogen) atoms. The van der Waals surface area contributed by atoms with E-state index in [2.05, 4.69) is 15.2 Å². The van der Waals surface area contributed by atoms with Crippen LogP contribution in [-0.2, 0) is 11.3 Å². The largest absolute Gasteiger partial charge is 0.338 e. The van der Waals surface area contributed by atoms with Crippen molar-refractivity contribution in [3.63, 3.8) is 0 Å². The molecule has 0 aliphatic rings. The van der Waals surface area contributed by atoms with E-state index in [9.17, 15) is 9.18 Å². The molecule has 3 aromatic rings. The second-order valence-corrected chi connectivity index (χ2v) is 7.25. The fourth-order valence-electron chi connectivity index (χ4n) is 2.80. The van der Waals surface area contributed by atoms with E-state index in [1.54, 1.807) is 36.5 Å². The second-order valence-electron chi connectivity index (χ2n) is 6.31. The van der Waals surface area contributed by atoms with Crippen LogP contribution in [0.1, 0.15) is 25.5 Å². The van der Waals surface area contributed by atoms with Gasteiger partial charge in [-0.15, -0.1) is 10.2 Å². The summed E-state index contributed by atoms with van der Waals surface area (Å²) in [6.45, 7) is 4.64. The van der Waals surface area contributed by atoms with Crippen molar-refractivity contribution in [3.05, 3.63) is 60.2 Å². The van der Waals surface area contributed by atoms with Crippen molar-refractivity contribution in [3.8, 4) is 11.4 Å². The van der Waals surface area contributed by atoms with Gasteiger partial charge in [0.15, 0.2) is 11.0 Å². The molecule has 0 aliphatic heterocycles. The molecule has 3 rings (SSSR count). The number of carbonyl (C=O) groups is 1. The molecule has 2 aromatic heterocycles. The highest BCUT2D eigenvalue weighted by Crippen LogP contribution is 2.25. The zero-order valence-corrected chi connectivity index (χ0v) is 16.9. The Morgan fingerprint density at radius 3 is 2.50 bits per heavy atom. The molecule has 1 atom stereocenters. The van der Waals surface area contributed by atoms with Gasteiger partial charge in [0.05, 0.1) is 11.8 Å². The molecule has 0 spiro atoms. The Hall–Kier alpha value is -2.74. The smallest absolute Gasteiger partial charge is 0.233 e. The third-order valence-electron chi connectivity index (χ3n) is 4.62. The predicted molar refractivity (Wildman–Crippen MR) is 107 cm³/mol. The van der Waals surface area contributed by atoms with Gasteiger partial charge in [0, 0.05) is 31.5 Å². The lowest BCUT2D eigenvalue weighted by Gasteiger charge is -2.25. The van der Waals surface area contributed by atoms with Gasteiger partial charge in [-0.3, -0.25) is 9.78 Å². The minimum atomic E-state index is -0.288. The molecular formula is C20H22FN5OS. The van der Waals surface area contributed by atoms with Gasteiger partial charge in [-0.1, -0.05) is 23.9 Å². The van der Waals surface area contributed by atoms with Crippen molar-refractivity contribution in [2.24, 2.45) is 0 Å². The van der Waals surface area contributed by atoms with E-state index in [1.807, 2.05) is 30.5 Å². The maximum absolute atomic E-state index is 13.1. The van der Waals surface area contributed by atoms with Crippen molar-refractivity contribution < 1.29 is 9.18 Å². The summed E-state index contributed by atoms with van der Waals surface area (Å²) in [6, 6.07) is 9.83. The molecule has 8 heteroatoms. The quantitative estimate of drug-likeness (QED) is 0.565. The number of thioether (sulfide) groups is 1. The van der Waals surface area contributed by atoms with Gasteiger partial charge in [0.25, 0.3) is 0 Å². The summed E-state index contributed by atoms with van der Waals surface area (Å²) in [7, 11) is 1.75. The Morgan fingerprint density at radius 2 is 1.86 bits per heavy atom. The second kappa shape index (κ2) is 8.97. The van der Waals surface area contributed by atoms with Crippen LogP contribution in [0.2, 0.25) is 0 Å². The van der Waals surface area contributed by atoms with E-state index < -0.39 is 0 Å². The van der Waals surface area contributed by atoms with Gasteiger partial charge < -0.3 is 9.47 Å². The Balaban J connectivity index is 1.67. The maximum Gasteiger partial charge on any atom is 0.233 e. The lowest BCUT2D eigenvalue weighted by atomic mass is 10.1. The Labute approximate surface area is 167 Å². The van der Waals surface area contributed by atoms with Gasteiger partial charge in [0.2, 0.25) is 5.91 Å². The van der Waals surface area contributed by atoms with Gasteiger partial charge in [-0.05, 0) is 43.7 Å². The summed E-state index contributed by atoms with van der Waals surface area (Å²) in [5.41, 5.74) is 1.82. The van der Waals surface area contributed by atoms with Crippen LogP contribution in [0.5, 0.6) is 0 Å². The number of benzene rings is 1. The molecule has 1 amide bonds. The number of nitrogens with zero attached hydrogens (tertiary/aromatic N) is 5. The van der Waals surface area contributed by atoms with Crippen LogP contribution in [0.25, 0.3) is 11.4 Å². The molecule has 1 unspecified atom stereocenters. The number of halogens is 1. The predicted octanol–water partition coefficient (Wildman–Crippen LogP) is 3.81. The van der Waals surface area contributed by atoms with Crippen LogP contribution >= 0.6 is 11.8 Å². The van der Waals surface area contributed by atoms with Gasteiger partial charge >= 0.3 is 0 Å². The summed E-state index contributed by atoms with van der Waals surface area (Å²) in [5, 5.41) is 9.22.